The van der Waals surface area contributed by atoms with Gasteiger partial charge in [0.05, 0.1) is 11.7 Å². The normalized spacial score (nSPS) is 15.5. The lowest BCUT2D eigenvalue weighted by Gasteiger charge is -2.28. The van der Waals surface area contributed by atoms with Crippen LogP contribution < -0.4 is 10.6 Å². The molecular formula is C14H16N4. The number of nitrogens with zero attached hydrogens (tertiary/aromatic N) is 3. The number of aromatic nitrogens is 2. The fraction of sp³-hybridized carbons (Fsp3) is 0.286. The summed E-state index contributed by atoms with van der Waals surface area (Å²) in [6, 6.07) is 10.6. The third-order valence-electron chi connectivity index (χ3n) is 3.47. The highest BCUT2D eigenvalue weighted by Crippen LogP contribution is 2.33. The molecule has 0 amide bonds. The van der Waals surface area contributed by atoms with Gasteiger partial charge in [0.2, 0.25) is 0 Å². The largest absolute Gasteiger partial charge is 0.361 e. The fourth-order valence-corrected chi connectivity index (χ4v) is 2.59. The summed E-state index contributed by atoms with van der Waals surface area (Å²) < 4.78 is 0. The second-order valence-corrected chi connectivity index (χ2v) is 4.46. The number of hydrogen-bond donors (Lipinski definition) is 1. The van der Waals surface area contributed by atoms with Crippen LogP contribution >= 0.6 is 0 Å². The molecule has 2 heterocycles. The third kappa shape index (κ3) is 1.84. The van der Waals surface area contributed by atoms with Crippen LogP contribution in [-0.2, 0) is 6.42 Å². The maximum absolute atomic E-state index is 5.94. The first kappa shape index (κ1) is 11.2. The van der Waals surface area contributed by atoms with Gasteiger partial charge in [-0.15, -0.1) is 0 Å². The minimum absolute atomic E-state index is 0.136. The first-order valence-electron chi connectivity index (χ1n) is 6.20. The number of benzene rings is 1. The van der Waals surface area contributed by atoms with E-state index in [-0.39, 0.29) is 6.04 Å². The van der Waals surface area contributed by atoms with Crippen molar-refractivity contribution in [3.05, 3.63) is 54.1 Å². The van der Waals surface area contributed by atoms with Gasteiger partial charge in [-0.2, -0.15) is 0 Å². The van der Waals surface area contributed by atoms with E-state index in [9.17, 15) is 0 Å². The molecule has 1 aromatic carbocycles. The molecular weight excluding hydrogens is 224 g/mol. The first-order valence-corrected chi connectivity index (χ1v) is 6.20. The van der Waals surface area contributed by atoms with E-state index in [1.165, 1.54) is 11.3 Å². The van der Waals surface area contributed by atoms with Crippen molar-refractivity contribution in [1.29, 1.82) is 0 Å². The Morgan fingerprint density at radius 2 is 2.17 bits per heavy atom. The molecule has 0 radical (unpaired) electrons. The number of nitrogens with two attached hydrogens (primary N) is 1. The van der Waals surface area contributed by atoms with Gasteiger partial charge in [0.25, 0.3) is 0 Å². The molecule has 1 aliphatic rings. The van der Waals surface area contributed by atoms with Crippen molar-refractivity contribution < 1.29 is 0 Å². The van der Waals surface area contributed by atoms with E-state index in [0.717, 1.165) is 18.7 Å². The zero-order chi connectivity index (χ0) is 12.4. The SMILES string of the molecule is NCC(c1ccncn1)N1CCc2ccccc21. The van der Waals surface area contributed by atoms with Gasteiger partial charge in [0.1, 0.15) is 6.33 Å². The lowest BCUT2D eigenvalue weighted by molar-refractivity contribution is 0.630. The summed E-state index contributed by atoms with van der Waals surface area (Å²) in [4.78, 5) is 10.6. The average Bonchev–Trinajstić information content (AvgIpc) is 2.85. The lowest BCUT2D eigenvalue weighted by atomic mass is 10.1. The van der Waals surface area contributed by atoms with E-state index in [2.05, 4.69) is 39.1 Å². The lowest BCUT2D eigenvalue weighted by Crippen LogP contribution is -2.33. The molecule has 2 aromatic rings. The number of anilines is 1. The molecule has 2 N–H and O–H groups in total. The third-order valence-corrected chi connectivity index (χ3v) is 3.47. The molecule has 0 aliphatic carbocycles. The maximum Gasteiger partial charge on any atom is 0.115 e. The average molecular weight is 240 g/mol. The predicted octanol–water partition coefficient (Wildman–Crippen LogP) is 1.54. The molecule has 92 valence electrons. The van der Waals surface area contributed by atoms with Crippen LogP contribution in [0.3, 0.4) is 0 Å². The number of fused-ring (bicyclic) bond motifs is 1. The van der Waals surface area contributed by atoms with Crippen molar-refractivity contribution in [3.63, 3.8) is 0 Å². The Hall–Kier alpha value is -1.94. The molecule has 0 saturated carbocycles. The van der Waals surface area contributed by atoms with Crippen LogP contribution in [0.25, 0.3) is 0 Å². The van der Waals surface area contributed by atoms with Gasteiger partial charge in [-0.05, 0) is 24.1 Å². The Labute approximate surface area is 106 Å². The second-order valence-electron chi connectivity index (χ2n) is 4.46. The van der Waals surface area contributed by atoms with Crippen LogP contribution in [-0.4, -0.2) is 23.1 Å². The molecule has 0 fully saturated rings. The van der Waals surface area contributed by atoms with Gasteiger partial charge in [-0.25, -0.2) is 9.97 Å². The monoisotopic (exact) mass is 240 g/mol. The van der Waals surface area contributed by atoms with Crippen molar-refractivity contribution in [2.45, 2.75) is 12.5 Å². The van der Waals surface area contributed by atoms with Crippen molar-refractivity contribution >= 4 is 5.69 Å². The standard InChI is InChI=1S/C14H16N4/c15-9-14(12-5-7-16-10-17-12)18-8-6-11-3-1-2-4-13(11)18/h1-5,7,10,14H,6,8-9,15H2. The zero-order valence-corrected chi connectivity index (χ0v) is 10.2. The molecule has 1 aliphatic heterocycles. The highest BCUT2D eigenvalue weighted by Gasteiger charge is 2.26. The van der Waals surface area contributed by atoms with Crippen LogP contribution in [0.15, 0.2) is 42.9 Å². The first-order chi connectivity index (χ1) is 8.90. The van der Waals surface area contributed by atoms with E-state index < -0.39 is 0 Å². The van der Waals surface area contributed by atoms with Crippen molar-refractivity contribution in [2.75, 3.05) is 18.0 Å². The van der Waals surface area contributed by atoms with Gasteiger partial charge in [0, 0.05) is 25.0 Å². The van der Waals surface area contributed by atoms with E-state index in [1.807, 2.05) is 6.07 Å². The molecule has 4 heteroatoms. The Bertz CT molecular complexity index is 526. The molecule has 3 rings (SSSR count). The van der Waals surface area contributed by atoms with Crippen LogP contribution in [0.1, 0.15) is 17.3 Å². The van der Waals surface area contributed by atoms with Crippen molar-refractivity contribution in [1.82, 2.24) is 9.97 Å². The smallest absolute Gasteiger partial charge is 0.115 e. The number of hydrogen-bond acceptors (Lipinski definition) is 4. The van der Waals surface area contributed by atoms with Crippen LogP contribution in [0, 0.1) is 0 Å². The summed E-state index contributed by atoms with van der Waals surface area (Å²) in [7, 11) is 0. The second kappa shape index (κ2) is 4.74. The molecule has 18 heavy (non-hydrogen) atoms. The fourth-order valence-electron chi connectivity index (χ4n) is 2.59. The Morgan fingerprint density at radius 3 is 2.94 bits per heavy atom. The summed E-state index contributed by atoms with van der Waals surface area (Å²) in [6.07, 6.45) is 4.44. The van der Waals surface area contributed by atoms with E-state index in [1.54, 1.807) is 12.5 Å². The van der Waals surface area contributed by atoms with Crippen LogP contribution in [0.2, 0.25) is 0 Å². The van der Waals surface area contributed by atoms with Gasteiger partial charge in [-0.1, -0.05) is 18.2 Å². The molecule has 0 bridgehead atoms. The molecule has 4 nitrogen and oxygen atoms in total. The minimum atomic E-state index is 0.136. The topological polar surface area (TPSA) is 55.0 Å². The highest BCUT2D eigenvalue weighted by atomic mass is 15.2. The Balaban J connectivity index is 1.95. The van der Waals surface area contributed by atoms with Crippen molar-refractivity contribution in [2.24, 2.45) is 5.73 Å². The van der Waals surface area contributed by atoms with Crippen molar-refractivity contribution in [3.8, 4) is 0 Å². The number of rotatable bonds is 3. The summed E-state index contributed by atoms with van der Waals surface area (Å²) in [5.41, 5.74) is 9.61. The Kier molecular flexibility index (Phi) is 2.94. The molecule has 0 spiro atoms. The molecule has 0 saturated heterocycles. The van der Waals surface area contributed by atoms with Gasteiger partial charge in [0.15, 0.2) is 0 Å². The van der Waals surface area contributed by atoms with Crippen LogP contribution in [0.4, 0.5) is 5.69 Å². The molecule has 1 aromatic heterocycles. The van der Waals surface area contributed by atoms with E-state index >= 15 is 0 Å². The van der Waals surface area contributed by atoms with E-state index in [0.29, 0.717) is 6.54 Å². The highest BCUT2D eigenvalue weighted by molar-refractivity contribution is 5.59. The number of para-hydroxylation sites is 1. The van der Waals surface area contributed by atoms with Gasteiger partial charge in [-0.3, -0.25) is 0 Å². The minimum Gasteiger partial charge on any atom is -0.361 e. The van der Waals surface area contributed by atoms with Gasteiger partial charge < -0.3 is 10.6 Å². The summed E-state index contributed by atoms with van der Waals surface area (Å²) in [6.45, 7) is 1.57. The van der Waals surface area contributed by atoms with Gasteiger partial charge >= 0.3 is 0 Å². The van der Waals surface area contributed by atoms with E-state index in [4.69, 9.17) is 5.73 Å². The Morgan fingerprint density at radius 1 is 1.28 bits per heavy atom. The quantitative estimate of drug-likeness (QED) is 0.884. The zero-order valence-electron chi connectivity index (χ0n) is 10.2. The maximum atomic E-state index is 5.94. The summed E-state index contributed by atoms with van der Waals surface area (Å²) >= 11 is 0. The molecule has 1 atom stereocenters. The predicted molar refractivity (Wildman–Crippen MR) is 71.3 cm³/mol. The summed E-state index contributed by atoms with van der Waals surface area (Å²) in [5, 5.41) is 0. The summed E-state index contributed by atoms with van der Waals surface area (Å²) in [5.74, 6) is 0. The van der Waals surface area contributed by atoms with Crippen LogP contribution in [0.5, 0.6) is 0 Å². The molecule has 1 unspecified atom stereocenters.